The number of hydrogen-bond acceptors (Lipinski definition) is 8. The van der Waals surface area contributed by atoms with Crippen LogP contribution in [-0.4, -0.2) is 101 Å². The summed E-state index contributed by atoms with van der Waals surface area (Å²) in [6.45, 7) is 12.8. The summed E-state index contributed by atoms with van der Waals surface area (Å²) in [6, 6.07) is -0.0102. The number of hydrazine groups is 2. The third-order valence-electron chi connectivity index (χ3n) is 10.0. The average molecular weight is 572 g/mol. The molecule has 0 aromatic rings. The molecule has 5 N–H and O–H groups in total. The van der Waals surface area contributed by atoms with E-state index in [2.05, 4.69) is 71.3 Å². The molecule has 9 atom stereocenters. The molecule has 0 spiro atoms. The maximum absolute atomic E-state index is 16.3. The van der Waals surface area contributed by atoms with E-state index in [4.69, 9.17) is 0 Å². The molecule has 6 rings (SSSR count). The Morgan fingerprint density at radius 2 is 2.02 bits per heavy atom. The Balaban J connectivity index is 1.37. The standard InChI is InChI=1S/C29H46FN9O2/c1-5-23(40)36-12-13-37(18(4)16-36)26-21-14-22(30)28-33-27(21)38(29(41)34-26)25-19(10-11-31-24(25)17(2)3)8-6-7-9-20-15-32-35-39(20)28/h5-7,15,17-19,21-22,24-28,31-33,35H,1,8-14,16H2,2-4H3,(H,34,41)/b7-6-/t18-,19?,21?,22?,24?,25?,26?,27?,28?/m0/s1. The van der Waals surface area contributed by atoms with Crippen molar-refractivity contribution in [2.24, 2.45) is 17.8 Å². The molecule has 41 heavy (non-hydrogen) atoms. The Morgan fingerprint density at radius 1 is 1.20 bits per heavy atom. The van der Waals surface area contributed by atoms with E-state index in [1.54, 1.807) is 4.90 Å². The molecule has 6 aliphatic heterocycles. The van der Waals surface area contributed by atoms with Crippen LogP contribution >= 0.6 is 0 Å². The van der Waals surface area contributed by atoms with E-state index in [1.807, 2.05) is 16.1 Å². The van der Waals surface area contributed by atoms with Gasteiger partial charge in [0.1, 0.15) is 12.3 Å². The van der Waals surface area contributed by atoms with Crippen LogP contribution in [0.1, 0.15) is 46.5 Å². The molecule has 0 aliphatic carbocycles. The average Bonchev–Trinajstić information content (AvgIpc) is 3.42. The van der Waals surface area contributed by atoms with E-state index >= 15 is 4.39 Å². The first kappa shape index (κ1) is 28.4. The van der Waals surface area contributed by atoms with Gasteiger partial charge in [-0.3, -0.25) is 20.0 Å². The second kappa shape index (κ2) is 11.5. The summed E-state index contributed by atoms with van der Waals surface area (Å²) in [6.07, 6.45) is 8.02. The van der Waals surface area contributed by atoms with Gasteiger partial charge in [0.15, 0.2) is 0 Å². The van der Waals surface area contributed by atoms with Gasteiger partial charge in [0.05, 0.1) is 24.1 Å². The predicted octanol–water partition coefficient (Wildman–Crippen LogP) is 1.18. The highest BCUT2D eigenvalue weighted by atomic mass is 19.1. The molecule has 6 heterocycles. The van der Waals surface area contributed by atoms with Gasteiger partial charge >= 0.3 is 6.03 Å². The molecule has 4 fully saturated rings. The molecule has 8 unspecified atom stereocenters. The number of halogens is 1. The van der Waals surface area contributed by atoms with Crippen LogP contribution in [0.5, 0.6) is 0 Å². The number of carbonyl (C=O) groups is 2. The molecule has 3 amide bonds. The molecule has 11 nitrogen and oxygen atoms in total. The van der Waals surface area contributed by atoms with Crippen LogP contribution in [0.4, 0.5) is 9.18 Å². The molecule has 2 bridgehead atoms. The number of alkyl halides is 1. The number of amides is 3. The number of nitrogens with one attached hydrogen (secondary N) is 5. The van der Waals surface area contributed by atoms with Crippen molar-refractivity contribution in [2.45, 2.75) is 89.2 Å². The van der Waals surface area contributed by atoms with Gasteiger partial charge in [0.25, 0.3) is 0 Å². The zero-order valence-corrected chi connectivity index (χ0v) is 24.4. The fourth-order valence-corrected chi connectivity index (χ4v) is 8.06. The minimum atomic E-state index is -1.17. The van der Waals surface area contributed by atoms with Crippen LogP contribution in [0.25, 0.3) is 0 Å². The predicted molar refractivity (Wildman–Crippen MR) is 154 cm³/mol. The van der Waals surface area contributed by atoms with Crippen LogP contribution in [0, 0.1) is 17.8 Å². The van der Waals surface area contributed by atoms with Gasteiger partial charge in [0, 0.05) is 50.3 Å². The van der Waals surface area contributed by atoms with E-state index in [0.29, 0.717) is 44.3 Å². The fraction of sp³-hybridized carbons (Fsp3) is 0.724. The summed E-state index contributed by atoms with van der Waals surface area (Å²) in [4.78, 5) is 32.7. The monoisotopic (exact) mass is 571 g/mol. The number of piperidine rings is 2. The van der Waals surface area contributed by atoms with Gasteiger partial charge in [-0.2, -0.15) is 0 Å². The Labute approximate surface area is 242 Å². The van der Waals surface area contributed by atoms with Crippen molar-refractivity contribution < 1.29 is 14.0 Å². The normalized spacial score (nSPS) is 40.3. The van der Waals surface area contributed by atoms with Crippen LogP contribution < -0.4 is 26.9 Å². The summed E-state index contributed by atoms with van der Waals surface area (Å²) >= 11 is 0. The molecule has 0 saturated carbocycles. The summed E-state index contributed by atoms with van der Waals surface area (Å²) in [5.74, 6) is 0.357. The van der Waals surface area contributed by atoms with Gasteiger partial charge in [-0.25, -0.2) is 9.18 Å². The third kappa shape index (κ3) is 5.13. The number of piperazine rings is 1. The first-order chi connectivity index (χ1) is 19.8. The van der Waals surface area contributed by atoms with E-state index < -0.39 is 12.3 Å². The van der Waals surface area contributed by atoms with Crippen molar-refractivity contribution >= 4 is 11.9 Å². The molecule has 0 aromatic heterocycles. The van der Waals surface area contributed by atoms with Gasteiger partial charge in [-0.1, -0.05) is 32.6 Å². The first-order valence-electron chi connectivity index (χ1n) is 15.3. The topological polar surface area (TPSA) is 107 Å². The number of urea groups is 1. The van der Waals surface area contributed by atoms with Crippen molar-refractivity contribution in [1.29, 1.82) is 0 Å². The van der Waals surface area contributed by atoms with Crippen molar-refractivity contribution in [3.8, 4) is 0 Å². The van der Waals surface area contributed by atoms with Crippen LogP contribution in [0.3, 0.4) is 0 Å². The maximum Gasteiger partial charge on any atom is 0.320 e. The fourth-order valence-electron chi connectivity index (χ4n) is 8.06. The number of hydrogen-bond donors (Lipinski definition) is 5. The number of nitrogens with zero attached hydrogens (tertiary/aromatic N) is 4. The SMILES string of the molecule is C=CC(=O)N1CCN(C2NC(=O)N3C4NC(C(F)CC42)N2NNC=C2C/C=C\CC2CCNC(C(C)C)C23)[C@@H](C)C1. The van der Waals surface area contributed by atoms with Crippen molar-refractivity contribution in [2.75, 3.05) is 26.2 Å². The molecule has 6 aliphatic rings. The lowest BCUT2D eigenvalue weighted by molar-refractivity contribution is -0.132. The van der Waals surface area contributed by atoms with Crippen LogP contribution in [0.15, 0.2) is 36.7 Å². The summed E-state index contributed by atoms with van der Waals surface area (Å²) in [5.41, 5.74) is 7.14. The van der Waals surface area contributed by atoms with E-state index in [0.717, 1.165) is 25.1 Å². The number of allylic oxidation sites excluding steroid dienone is 2. The molecule has 0 radical (unpaired) electrons. The minimum absolute atomic E-state index is 0.00293. The second-order valence-corrected chi connectivity index (χ2v) is 12.8. The second-order valence-electron chi connectivity index (χ2n) is 12.8. The zero-order valence-electron chi connectivity index (χ0n) is 24.4. The van der Waals surface area contributed by atoms with Crippen LogP contribution in [0.2, 0.25) is 0 Å². The summed E-state index contributed by atoms with van der Waals surface area (Å²) < 4.78 is 16.3. The highest BCUT2D eigenvalue weighted by Crippen LogP contribution is 2.40. The van der Waals surface area contributed by atoms with Gasteiger partial charge in [-0.15, -0.1) is 5.53 Å². The maximum atomic E-state index is 16.3. The lowest BCUT2D eigenvalue weighted by atomic mass is 9.76. The van der Waals surface area contributed by atoms with Crippen LogP contribution in [-0.2, 0) is 4.79 Å². The number of fused-ring (bicyclic) bond motifs is 5. The zero-order chi connectivity index (χ0) is 28.8. The Kier molecular flexibility index (Phi) is 8.01. The van der Waals surface area contributed by atoms with E-state index in [9.17, 15) is 9.59 Å². The quantitative estimate of drug-likeness (QED) is 0.254. The highest BCUT2D eigenvalue weighted by Gasteiger charge is 2.56. The lowest BCUT2D eigenvalue weighted by Gasteiger charge is -2.59. The molecule has 12 heteroatoms. The van der Waals surface area contributed by atoms with Crippen molar-refractivity contribution in [1.82, 2.24) is 46.6 Å². The van der Waals surface area contributed by atoms with Crippen molar-refractivity contribution in [3.63, 3.8) is 0 Å². The third-order valence-corrected chi connectivity index (χ3v) is 10.0. The van der Waals surface area contributed by atoms with E-state index in [-0.39, 0.29) is 48.3 Å². The largest absolute Gasteiger partial charge is 0.336 e. The summed E-state index contributed by atoms with van der Waals surface area (Å²) in [7, 11) is 0. The first-order valence-corrected chi connectivity index (χ1v) is 15.3. The summed E-state index contributed by atoms with van der Waals surface area (Å²) in [5, 5.41) is 12.6. The molecule has 0 aromatic carbocycles. The minimum Gasteiger partial charge on any atom is -0.336 e. The molecular formula is C29H46FN9O2. The Bertz CT molecular complexity index is 1080. The van der Waals surface area contributed by atoms with Crippen molar-refractivity contribution in [3.05, 3.63) is 36.7 Å². The van der Waals surface area contributed by atoms with E-state index in [1.165, 1.54) is 6.08 Å². The van der Waals surface area contributed by atoms with Gasteiger partial charge < -0.3 is 25.9 Å². The molecule has 226 valence electrons. The Hall–Kier alpha value is -2.67. The molecular weight excluding hydrogens is 525 g/mol. The van der Waals surface area contributed by atoms with Gasteiger partial charge in [0.2, 0.25) is 5.91 Å². The smallest absolute Gasteiger partial charge is 0.320 e. The Morgan fingerprint density at radius 3 is 2.78 bits per heavy atom. The number of rotatable bonds is 3. The molecule has 4 saturated heterocycles. The van der Waals surface area contributed by atoms with Gasteiger partial charge in [-0.05, 0) is 50.6 Å². The lowest BCUT2D eigenvalue weighted by Crippen LogP contribution is -2.80. The highest BCUT2D eigenvalue weighted by molar-refractivity contribution is 5.87. The number of carbonyl (C=O) groups excluding carboxylic acids is 2.